The van der Waals surface area contributed by atoms with E-state index in [0.29, 0.717) is 6.07 Å². The van der Waals surface area contributed by atoms with Crippen LogP contribution in [0.4, 0.5) is 11.4 Å². The quantitative estimate of drug-likeness (QED) is 0.317. The zero-order chi connectivity index (χ0) is 18.1. The first-order valence-electron chi connectivity index (χ1n) is 6.05. The number of nitrogen functional groups attached to an aromatic ring is 2. The average Bonchev–Trinajstić information content (AvgIpc) is 2.26. The van der Waals surface area contributed by atoms with Gasteiger partial charge in [0.15, 0.2) is 0 Å². The summed E-state index contributed by atoms with van der Waals surface area (Å²) in [5, 5.41) is 0. The summed E-state index contributed by atoms with van der Waals surface area (Å²) in [6.45, 7) is 6.03. The Morgan fingerprint density at radius 3 is 1.27 bits per heavy atom. The molecule has 0 saturated carbocycles. The van der Waals surface area contributed by atoms with Crippen LogP contribution in [0.25, 0.3) is 0 Å². The van der Waals surface area contributed by atoms with Crippen molar-refractivity contribution in [1.82, 2.24) is 0 Å². The predicted molar refractivity (Wildman–Crippen MR) is 78.1 cm³/mol. The Kier molecular flexibility index (Phi) is 9.91. The van der Waals surface area contributed by atoms with Gasteiger partial charge in [-0.3, -0.25) is 0 Å². The number of nitrogens with two attached hydrogens (primary N) is 2. The van der Waals surface area contributed by atoms with Crippen LogP contribution in [0, 0.1) is 0 Å². The first-order chi connectivity index (χ1) is 9.86. The molecule has 0 aliphatic carbocycles. The lowest BCUT2D eigenvalue weighted by Crippen LogP contribution is -2.48. The molecular formula is C10H22N4O6S2. The molecule has 0 atom stereocenters. The van der Waals surface area contributed by atoms with Crippen molar-refractivity contribution in [2.75, 3.05) is 24.6 Å². The van der Waals surface area contributed by atoms with E-state index in [4.69, 9.17) is 11.5 Å². The van der Waals surface area contributed by atoms with Crippen molar-refractivity contribution in [2.45, 2.75) is 23.6 Å². The molecule has 1 aromatic rings. The van der Waals surface area contributed by atoms with Crippen LogP contribution in [-0.4, -0.2) is 39.0 Å². The van der Waals surface area contributed by atoms with Crippen molar-refractivity contribution in [3.63, 3.8) is 0 Å². The number of hydrogen-bond donors (Lipinski definition) is 4. The molecule has 130 valence electrons. The van der Waals surface area contributed by atoms with Crippen LogP contribution in [0.15, 0.2) is 21.9 Å². The topological polar surface area (TPSA) is 222 Å². The highest BCUT2D eigenvalue weighted by Crippen LogP contribution is 2.27. The Labute approximate surface area is 130 Å². The Balaban J connectivity index is 0. The van der Waals surface area contributed by atoms with Crippen molar-refractivity contribution in [3.8, 4) is 0 Å². The summed E-state index contributed by atoms with van der Waals surface area (Å²) >= 11 is 0. The summed E-state index contributed by atoms with van der Waals surface area (Å²) < 4.78 is 64.0. The second-order valence-electron chi connectivity index (χ2n) is 3.84. The molecule has 12 heteroatoms. The molecule has 0 unspecified atom stereocenters. The molecule has 1 rings (SSSR count). The van der Waals surface area contributed by atoms with E-state index in [9.17, 15) is 25.9 Å². The normalized spacial score (nSPS) is 10.8. The van der Waals surface area contributed by atoms with E-state index in [1.54, 1.807) is 0 Å². The van der Waals surface area contributed by atoms with Gasteiger partial charge < -0.3 is 32.0 Å². The molecule has 0 spiro atoms. The fourth-order valence-electron chi connectivity index (χ4n) is 1.03. The summed E-state index contributed by atoms with van der Waals surface area (Å²) in [6, 6.07) is 1.09. The van der Waals surface area contributed by atoms with Crippen molar-refractivity contribution in [3.05, 3.63) is 12.1 Å². The molecule has 0 bridgehead atoms. The Bertz CT molecular complexity index is 618. The van der Waals surface area contributed by atoms with Crippen LogP contribution >= 0.6 is 0 Å². The van der Waals surface area contributed by atoms with Crippen LogP contribution in [0.5, 0.6) is 0 Å². The molecule has 0 heterocycles. The Morgan fingerprint density at radius 1 is 0.864 bits per heavy atom. The van der Waals surface area contributed by atoms with Crippen molar-refractivity contribution >= 4 is 31.6 Å². The molecule has 10 N–H and O–H groups in total. The second-order valence-corrected chi connectivity index (χ2v) is 6.53. The number of anilines is 2. The van der Waals surface area contributed by atoms with Gasteiger partial charge in [-0.2, -0.15) is 0 Å². The first-order valence-corrected chi connectivity index (χ1v) is 8.87. The van der Waals surface area contributed by atoms with Gasteiger partial charge in [0.2, 0.25) is 0 Å². The van der Waals surface area contributed by atoms with Gasteiger partial charge in [0.1, 0.15) is 20.2 Å². The van der Waals surface area contributed by atoms with Gasteiger partial charge in [-0.05, 0) is 26.0 Å². The minimum Gasteiger partial charge on any atom is -0.744 e. The number of hydrogen-bond acceptors (Lipinski definition) is 8. The zero-order valence-corrected chi connectivity index (χ0v) is 14.0. The standard InChI is InChI=1S/C6H8N2O6S2.2C2H7N/c7-3-1-4(8)6(16(12,13)14)2-5(3)15(9,10)11;2*1-2-3/h1-2H,7-8H2,(H,9,10,11)(H,12,13,14);2*2-3H2,1H3. The van der Waals surface area contributed by atoms with Gasteiger partial charge in [0, 0.05) is 0 Å². The summed E-state index contributed by atoms with van der Waals surface area (Å²) in [4.78, 5) is -1.98. The SMILES string of the molecule is CC[NH3+].CC[NH3+].Nc1cc(N)c(S(=O)(=O)[O-])cc1S(=O)(=O)[O-]. The monoisotopic (exact) mass is 358 g/mol. The largest absolute Gasteiger partial charge is 0.744 e. The van der Waals surface area contributed by atoms with Gasteiger partial charge in [-0.1, -0.05) is 0 Å². The van der Waals surface area contributed by atoms with Gasteiger partial charge in [0.05, 0.1) is 34.3 Å². The minimum absolute atomic E-state index is 0.356. The molecular weight excluding hydrogens is 336 g/mol. The van der Waals surface area contributed by atoms with E-state index in [1.807, 2.05) is 13.8 Å². The molecule has 1 aromatic carbocycles. The van der Waals surface area contributed by atoms with Crippen molar-refractivity contribution in [1.29, 1.82) is 0 Å². The first kappa shape index (κ1) is 22.8. The number of quaternary nitrogens is 2. The third kappa shape index (κ3) is 8.11. The molecule has 10 nitrogen and oxygen atoms in total. The number of rotatable bonds is 2. The van der Waals surface area contributed by atoms with Crippen LogP contribution < -0.4 is 22.9 Å². The fourth-order valence-corrected chi connectivity index (χ4v) is 2.32. The lowest BCUT2D eigenvalue weighted by Gasteiger charge is -2.15. The summed E-state index contributed by atoms with van der Waals surface area (Å²) in [7, 11) is -9.93. The summed E-state index contributed by atoms with van der Waals surface area (Å²) in [5.74, 6) is 0. The van der Waals surface area contributed by atoms with Gasteiger partial charge in [-0.15, -0.1) is 0 Å². The van der Waals surface area contributed by atoms with E-state index in [1.165, 1.54) is 0 Å². The second kappa shape index (κ2) is 9.55. The third-order valence-corrected chi connectivity index (χ3v) is 3.47. The highest BCUT2D eigenvalue weighted by Gasteiger charge is 2.14. The lowest BCUT2D eigenvalue weighted by atomic mass is 10.3. The Hall–Kier alpha value is -1.44. The third-order valence-electron chi connectivity index (χ3n) is 1.68. The van der Waals surface area contributed by atoms with E-state index in [2.05, 4.69) is 11.5 Å². The highest BCUT2D eigenvalue weighted by atomic mass is 32.2. The maximum atomic E-state index is 10.7. The lowest BCUT2D eigenvalue weighted by molar-refractivity contribution is -0.362. The highest BCUT2D eigenvalue weighted by molar-refractivity contribution is 7.86. The van der Waals surface area contributed by atoms with Crippen LogP contribution in [0.1, 0.15) is 13.8 Å². The zero-order valence-electron chi connectivity index (χ0n) is 12.4. The maximum Gasteiger partial charge on any atom is 0.126 e. The molecule has 0 radical (unpaired) electrons. The smallest absolute Gasteiger partial charge is 0.126 e. The molecule has 0 amide bonds. The molecule has 0 aromatic heterocycles. The van der Waals surface area contributed by atoms with E-state index in [-0.39, 0.29) is 0 Å². The number of benzene rings is 1. The molecule has 0 aliphatic rings. The van der Waals surface area contributed by atoms with E-state index >= 15 is 0 Å². The van der Waals surface area contributed by atoms with Crippen LogP contribution in [0.2, 0.25) is 0 Å². The molecule has 0 fully saturated rings. The van der Waals surface area contributed by atoms with Crippen molar-refractivity contribution < 1.29 is 37.4 Å². The van der Waals surface area contributed by atoms with E-state index in [0.717, 1.165) is 19.2 Å². The van der Waals surface area contributed by atoms with Gasteiger partial charge >= 0.3 is 0 Å². The van der Waals surface area contributed by atoms with Crippen molar-refractivity contribution in [2.24, 2.45) is 0 Å². The predicted octanol–water partition coefficient (Wildman–Crippen LogP) is -2.84. The average molecular weight is 358 g/mol. The van der Waals surface area contributed by atoms with Gasteiger partial charge in [0.25, 0.3) is 0 Å². The molecule has 0 aliphatic heterocycles. The molecule has 0 saturated heterocycles. The minimum atomic E-state index is -4.97. The Morgan fingerprint density at radius 2 is 1.09 bits per heavy atom. The summed E-state index contributed by atoms with van der Waals surface area (Å²) in [5.41, 5.74) is 16.3. The van der Waals surface area contributed by atoms with E-state index < -0.39 is 41.4 Å². The summed E-state index contributed by atoms with van der Waals surface area (Å²) in [6.07, 6.45) is 0. The van der Waals surface area contributed by atoms with Crippen LogP contribution in [-0.2, 0) is 20.2 Å². The maximum absolute atomic E-state index is 10.7. The fraction of sp³-hybridized carbons (Fsp3) is 0.400. The molecule has 22 heavy (non-hydrogen) atoms. The van der Waals surface area contributed by atoms with Gasteiger partial charge in [-0.25, -0.2) is 16.8 Å². The van der Waals surface area contributed by atoms with Crippen LogP contribution in [0.3, 0.4) is 0 Å².